The van der Waals surface area contributed by atoms with Gasteiger partial charge in [0.1, 0.15) is 23.1 Å². The van der Waals surface area contributed by atoms with Crippen molar-refractivity contribution in [2.75, 3.05) is 18.5 Å². The summed E-state index contributed by atoms with van der Waals surface area (Å²) in [6.07, 6.45) is 0.630. The Morgan fingerprint density at radius 1 is 1.10 bits per heavy atom. The van der Waals surface area contributed by atoms with Crippen LogP contribution in [0.15, 0.2) is 60.7 Å². The van der Waals surface area contributed by atoms with Crippen LogP contribution in [0.3, 0.4) is 0 Å². The number of amides is 2. The van der Waals surface area contributed by atoms with Gasteiger partial charge >= 0.3 is 6.03 Å². The van der Waals surface area contributed by atoms with Gasteiger partial charge in [-0.05, 0) is 49.9 Å². The van der Waals surface area contributed by atoms with Crippen LogP contribution in [0.2, 0.25) is 0 Å². The molecule has 220 valence electrons. The van der Waals surface area contributed by atoms with Gasteiger partial charge in [-0.15, -0.1) is 0 Å². The highest BCUT2D eigenvalue weighted by molar-refractivity contribution is 5.88. The van der Waals surface area contributed by atoms with Crippen molar-refractivity contribution in [1.29, 1.82) is 0 Å². The fourth-order valence-electron chi connectivity index (χ4n) is 5.55. The normalized spacial score (nSPS) is 13.7. The summed E-state index contributed by atoms with van der Waals surface area (Å²) in [7, 11) is 0. The number of urea groups is 1. The van der Waals surface area contributed by atoms with Crippen molar-refractivity contribution in [2.24, 2.45) is 11.7 Å². The van der Waals surface area contributed by atoms with Gasteiger partial charge in [0.25, 0.3) is 0 Å². The SMILES string of the molecule is Cc1cccc(OCC(C)C)c1-n1nc2c(c1-c1cc(F)c(NC(N)=O)cc1F)CN(C(C)(C)c1ccccc1)CC2. The number of nitrogens with one attached hydrogen (secondary N) is 1. The smallest absolute Gasteiger partial charge is 0.316 e. The number of nitrogens with two attached hydrogens (primary N) is 1. The molecule has 1 aromatic heterocycles. The molecule has 0 saturated carbocycles. The molecule has 1 aliphatic heterocycles. The monoisotopic (exact) mass is 573 g/mol. The van der Waals surface area contributed by atoms with E-state index in [1.165, 1.54) is 0 Å². The lowest BCUT2D eigenvalue weighted by Crippen LogP contribution is -2.44. The second kappa shape index (κ2) is 11.6. The molecule has 0 radical (unpaired) electrons. The van der Waals surface area contributed by atoms with Crippen molar-refractivity contribution < 1.29 is 18.3 Å². The Bertz CT molecular complexity index is 1610. The second-order valence-electron chi connectivity index (χ2n) is 11.7. The average Bonchev–Trinajstić information content (AvgIpc) is 3.32. The van der Waals surface area contributed by atoms with E-state index >= 15 is 8.78 Å². The summed E-state index contributed by atoms with van der Waals surface area (Å²) >= 11 is 0. The maximum Gasteiger partial charge on any atom is 0.316 e. The zero-order valence-corrected chi connectivity index (χ0v) is 24.7. The summed E-state index contributed by atoms with van der Waals surface area (Å²) in [5, 5.41) is 7.17. The first-order valence-electron chi connectivity index (χ1n) is 14.2. The van der Waals surface area contributed by atoms with Crippen LogP contribution in [0.25, 0.3) is 16.9 Å². The van der Waals surface area contributed by atoms with E-state index in [-0.39, 0.29) is 22.7 Å². The maximum atomic E-state index is 15.9. The number of hydrogen-bond donors (Lipinski definition) is 2. The quantitative estimate of drug-likeness (QED) is 0.239. The van der Waals surface area contributed by atoms with Gasteiger partial charge in [0.15, 0.2) is 0 Å². The Morgan fingerprint density at radius 2 is 1.83 bits per heavy atom. The largest absolute Gasteiger partial charge is 0.491 e. The molecule has 3 N–H and O–H groups in total. The number of anilines is 1. The lowest BCUT2D eigenvalue weighted by Gasteiger charge is -2.41. The van der Waals surface area contributed by atoms with Crippen LogP contribution >= 0.6 is 0 Å². The van der Waals surface area contributed by atoms with Gasteiger partial charge in [0.2, 0.25) is 0 Å². The van der Waals surface area contributed by atoms with Crippen molar-refractivity contribution in [2.45, 2.75) is 53.1 Å². The van der Waals surface area contributed by atoms with Crippen LogP contribution in [0.5, 0.6) is 5.75 Å². The van der Waals surface area contributed by atoms with Crippen LogP contribution in [0.1, 0.15) is 50.1 Å². The number of hydrogen-bond acceptors (Lipinski definition) is 4. The molecular weight excluding hydrogens is 536 g/mol. The van der Waals surface area contributed by atoms with E-state index in [4.69, 9.17) is 15.6 Å². The van der Waals surface area contributed by atoms with Crippen molar-refractivity contribution in [1.82, 2.24) is 14.7 Å². The lowest BCUT2D eigenvalue weighted by molar-refractivity contribution is 0.103. The van der Waals surface area contributed by atoms with Crippen LogP contribution in [0.4, 0.5) is 19.3 Å². The minimum absolute atomic E-state index is 0.0358. The molecule has 0 bridgehead atoms. The van der Waals surface area contributed by atoms with Gasteiger partial charge in [0, 0.05) is 42.2 Å². The van der Waals surface area contributed by atoms with Gasteiger partial charge in [0.05, 0.1) is 23.7 Å². The van der Waals surface area contributed by atoms with E-state index in [1.54, 1.807) is 4.68 Å². The van der Waals surface area contributed by atoms with E-state index in [0.717, 1.165) is 41.1 Å². The number of para-hydroxylation sites is 1. The standard InChI is InChI=1S/C33H37F2N5O2/c1-20(2)19-42-29-13-9-10-21(3)30(29)40-31(23-16-26(35)28(17-25(23)34)37-32(36)41)24-18-39(15-14-27(24)38-40)33(4,5)22-11-7-6-8-12-22/h6-13,16-17,20H,14-15,18-19H2,1-5H3,(H3,36,37,41). The number of primary amides is 1. The van der Waals surface area contributed by atoms with E-state index in [1.807, 2.05) is 43.3 Å². The highest BCUT2D eigenvalue weighted by Gasteiger charge is 2.36. The number of benzene rings is 3. The molecule has 7 nitrogen and oxygen atoms in total. The summed E-state index contributed by atoms with van der Waals surface area (Å²) in [5.41, 5.74) is 9.36. The Morgan fingerprint density at radius 3 is 2.52 bits per heavy atom. The highest BCUT2D eigenvalue weighted by Crippen LogP contribution is 2.41. The number of ether oxygens (including phenoxy) is 1. The highest BCUT2D eigenvalue weighted by atomic mass is 19.1. The Hall–Kier alpha value is -4.24. The van der Waals surface area contributed by atoms with Gasteiger partial charge in [-0.25, -0.2) is 18.3 Å². The zero-order chi connectivity index (χ0) is 30.2. The average molecular weight is 574 g/mol. The fraction of sp³-hybridized carbons (Fsp3) is 0.333. The molecule has 2 heterocycles. The predicted molar refractivity (Wildman–Crippen MR) is 161 cm³/mol. The van der Waals surface area contributed by atoms with Crippen molar-refractivity contribution in [3.8, 4) is 22.7 Å². The van der Waals surface area contributed by atoms with Crippen molar-refractivity contribution in [3.05, 3.63) is 94.7 Å². The van der Waals surface area contributed by atoms with Gasteiger partial charge in [-0.3, -0.25) is 4.90 Å². The van der Waals surface area contributed by atoms with Gasteiger partial charge in [-0.2, -0.15) is 5.10 Å². The Labute approximate surface area is 245 Å². The lowest BCUT2D eigenvalue weighted by atomic mass is 9.89. The number of aromatic nitrogens is 2. The fourth-order valence-corrected chi connectivity index (χ4v) is 5.55. The molecular formula is C33H37F2N5O2. The first-order valence-corrected chi connectivity index (χ1v) is 14.2. The molecule has 0 fully saturated rings. The summed E-state index contributed by atoms with van der Waals surface area (Å²) in [5.74, 6) is -0.611. The molecule has 0 saturated heterocycles. The minimum Gasteiger partial charge on any atom is -0.491 e. The molecule has 0 aliphatic carbocycles. The number of halogens is 2. The van der Waals surface area contributed by atoms with Crippen molar-refractivity contribution in [3.63, 3.8) is 0 Å². The number of fused-ring (bicyclic) bond motifs is 1. The second-order valence-corrected chi connectivity index (χ2v) is 11.7. The topological polar surface area (TPSA) is 85.4 Å². The summed E-state index contributed by atoms with van der Waals surface area (Å²) in [6.45, 7) is 12.1. The third kappa shape index (κ3) is 5.61. The van der Waals surface area contributed by atoms with E-state index in [9.17, 15) is 4.79 Å². The van der Waals surface area contributed by atoms with Crippen LogP contribution in [0, 0.1) is 24.5 Å². The van der Waals surface area contributed by atoms with Gasteiger partial charge < -0.3 is 15.8 Å². The van der Waals surface area contributed by atoms with E-state index in [0.29, 0.717) is 36.7 Å². The number of carbonyl (C=O) groups is 1. The van der Waals surface area contributed by atoms with E-state index in [2.05, 4.69) is 50.0 Å². The molecule has 3 aromatic carbocycles. The van der Waals surface area contributed by atoms with Crippen LogP contribution < -0.4 is 15.8 Å². The molecule has 9 heteroatoms. The predicted octanol–water partition coefficient (Wildman–Crippen LogP) is 6.94. The maximum absolute atomic E-state index is 15.9. The number of aryl methyl sites for hydroxylation is 1. The first-order chi connectivity index (χ1) is 20.0. The van der Waals surface area contributed by atoms with Crippen LogP contribution in [-0.2, 0) is 18.5 Å². The summed E-state index contributed by atoms with van der Waals surface area (Å²) in [6, 6.07) is 17.0. The molecule has 0 unspecified atom stereocenters. The molecule has 1 aliphatic rings. The van der Waals surface area contributed by atoms with Crippen LogP contribution in [-0.4, -0.2) is 33.9 Å². The molecule has 0 spiro atoms. The molecule has 0 atom stereocenters. The zero-order valence-electron chi connectivity index (χ0n) is 24.7. The Balaban J connectivity index is 1.71. The molecule has 5 rings (SSSR count). The third-order valence-corrected chi connectivity index (χ3v) is 7.86. The minimum atomic E-state index is -0.978. The molecule has 4 aromatic rings. The Kier molecular flexibility index (Phi) is 8.06. The molecule has 2 amide bonds. The number of nitrogens with zero attached hydrogens (tertiary/aromatic N) is 3. The summed E-state index contributed by atoms with van der Waals surface area (Å²) < 4.78 is 39.1. The number of rotatable bonds is 8. The van der Waals surface area contributed by atoms with E-state index < -0.39 is 17.7 Å². The van der Waals surface area contributed by atoms with Crippen molar-refractivity contribution >= 4 is 11.7 Å². The van der Waals surface area contributed by atoms with Gasteiger partial charge in [-0.1, -0.05) is 56.3 Å². The first kappa shape index (κ1) is 29.3. The third-order valence-electron chi connectivity index (χ3n) is 7.86. The molecule has 42 heavy (non-hydrogen) atoms. The summed E-state index contributed by atoms with van der Waals surface area (Å²) in [4.78, 5) is 13.7. The number of carbonyl (C=O) groups excluding carboxylic acids is 1.